The van der Waals surface area contributed by atoms with Gasteiger partial charge in [0.1, 0.15) is 0 Å². The molecule has 0 radical (unpaired) electrons. The van der Waals surface area contributed by atoms with Crippen LogP contribution in [0.3, 0.4) is 0 Å². The molecule has 1 amide bonds. The highest BCUT2D eigenvalue weighted by molar-refractivity contribution is 5.79. The molecule has 0 heterocycles. The fourth-order valence-electron chi connectivity index (χ4n) is 1.37. The molecule has 0 bridgehead atoms. The summed E-state index contributed by atoms with van der Waals surface area (Å²) in [6, 6.07) is 6.21. The fourth-order valence-corrected chi connectivity index (χ4v) is 1.37. The molecule has 0 aliphatic rings. The number of methoxy groups -OCH3 is 1. The zero-order valence-electron chi connectivity index (χ0n) is 9.51. The summed E-state index contributed by atoms with van der Waals surface area (Å²) in [5.74, 6) is -0.253. The van der Waals surface area contributed by atoms with Gasteiger partial charge in [0.05, 0.1) is 18.0 Å². The molecule has 0 saturated heterocycles. The number of nitrogens with zero attached hydrogens (tertiary/aromatic N) is 1. The van der Waals surface area contributed by atoms with Crippen LogP contribution >= 0.6 is 0 Å². The molecule has 1 N–H and O–H groups in total. The lowest BCUT2D eigenvalue weighted by Gasteiger charge is -2.04. The highest BCUT2D eigenvalue weighted by Crippen LogP contribution is 2.17. The van der Waals surface area contributed by atoms with E-state index in [1.54, 1.807) is 18.2 Å². The van der Waals surface area contributed by atoms with Crippen molar-refractivity contribution in [2.24, 2.45) is 0 Å². The smallest absolute Gasteiger partial charge is 0.273 e. The van der Waals surface area contributed by atoms with Crippen LogP contribution in [0.4, 0.5) is 5.69 Å². The van der Waals surface area contributed by atoms with E-state index in [9.17, 15) is 14.9 Å². The summed E-state index contributed by atoms with van der Waals surface area (Å²) in [6.45, 7) is 0.818. The van der Waals surface area contributed by atoms with Crippen molar-refractivity contribution in [2.75, 3.05) is 20.3 Å². The van der Waals surface area contributed by atoms with Gasteiger partial charge >= 0.3 is 0 Å². The van der Waals surface area contributed by atoms with Crippen LogP contribution in [-0.2, 0) is 16.0 Å². The number of nitro groups is 1. The molecular weight excluding hydrogens is 224 g/mol. The van der Waals surface area contributed by atoms with Crippen molar-refractivity contribution >= 4 is 11.6 Å². The molecule has 0 unspecified atom stereocenters. The first-order valence-corrected chi connectivity index (χ1v) is 5.13. The molecule has 6 nitrogen and oxygen atoms in total. The topological polar surface area (TPSA) is 81.5 Å². The van der Waals surface area contributed by atoms with Crippen LogP contribution in [0.25, 0.3) is 0 Å². The Kier molecular flexibility index (Phi) is 5.09. The van der Waals surface area contributed by atoms with Gasteiger partial charge in [-0.3, -0.25) is 14.9 Å². The number of hydrogen-bond donors (Lipinski definition) is 1. The number of amides is 1. The van der Waals surface area contributed by atoms with Gasteiger partial charge in [-0.15, -0.1) is 0 Å². The first-order chi connectivity index (χ1) is 8.15. The van der Waals surface area contributed by atoms with Gasteiger partial charge in [0, 0.05) is 25.3 Å². The molecule has 6 heteroatoms. The van der Waals surface area contributed by atoms with Crippen LogP contribution in [0.15, 0.2) is 24.3 Å². The maximum absolute atomic E-state index is 11.5. The number of hydrogen-bond acceptors (Lipinski definition) is 4. The molecule has 0 aliphatic carbocycles. The third-order valence-electron chi connectivity index (χ3n) is 2.17. The average Bonchev–Trinajstić information content (AvgIpc) is 2.29. The van der Waals surface area contributed by atoms with Gasteiger partial charge in [0.25, 0.3) is 5.69 Å². The minimum atomic E-state index is -0.488. The molecule has 0 fully saturated rings. The third-order valence-corrected chi connectivity index (χ3v) is 2.17. The molecule has 1 rings (SSSR count). The molecule has 0 atom stereocenters. The standard InChI is InChI=1S/C11H14N2O4/c1-17-7-6-12-11(14)8-9-4-2-3-5-10(9)13(15)16/h2-5H,6-8H2,1H3,(H,12,14). The predicted octanol–water partition coefficient (Wildman–Crippen LogP) is 0.900. The van der Waals surface area contributed by atoms with E-state index in [-0.39, 0.29) is 18.0 Å². The van der Waals surface area contributed by atoms with Gasteiger partial charge in [0.15, 0.2) is 0 Å². The van der Waals surface area contributed by atoms with Gasteiger partial charge in [0.2, 0.25) is 5.91 Å². The van der Waals surface area contributed by atoms with E-state index >= 15 is 0 Å². The normalized spacial score (nSPS) is 9.94. The predicted molar refractivity (Wildman–Crippen MR) is 61.7 cm³/mol. The summed E-state index contributed by atoms with van der Waals surface area (Å²) in [5.41, 5.74) is 0.377. The summed E-state index contributed by atoms with van der Waals surface area (Å²) < 4.78 is 4.78. The number of rotatable bonds is 6. The Morgan fingerprint density at radius 1 is 1.47 bits per heavy atom. The minimum Gasteiger partial charge on any atom is -0.383 e. The van der Waals surface area contributed by atoms with E-state index in [1.807, 2.05) is 0 Å². The molecule has 1 aromatic carbocycles. The summed E-state index contributed by atoms with van der Waals surface area (Å²) in [4.78, 5) is 21.7. The van der Waals surface area contributed by atoms with E-state index in [0.29, 0.717) is 18.7 Å². The van der Waals surface area contributed by atoms with Crippen molar-refractivity contribution in [2.45, 2.75) is 6.42 Å². The van der Waals surface area contributed by atoms with Crippen molar-refractivity contribution < 1.29 is 14.5 Å². The minimum absolute atomic E-state index is 0.000861. The number of para-hydroxylation sites is 1. The highest BCUT2D eigenvalue weighted by Gasteiger charge is 2.14. The highest BCUT2D eigenvalue weighted by atomic mass is 16.6. The molecule has 92 valence electrons. The Morgan fingerprint density at radius 2 is 2.18 bits per heavy atom. The van der Waals surface area contributed by atoms with Crippen molar-refractivity contribution in [1.29, 1.82) is 0 Å². The number of nitrogens with one attached hydrogen (secondary N) is 1. The van der Waals surface area contributed by atoms with Gasteiger partial charge in [-0.05, 0) is 0 Å². The molecular formula is C11H14N2O4. The van der Waals surface area contributed by atoms with Gasteiger partial charge < -0.3 is 10.1 Å². The quantitative estimate of drug-likeness (QED) is 0.453. The lowest BCUT2D eigenvalue weighted by Crippen LogP contribution is -2.28. The monoisotopic (exact) mass is 238 g/mol. The fraction of sp³-hybridized carbons (Fsp3) is 0.364. The third kappa shape index (κ3) is 4.20. The first-order valence-electron chi connectivity index (χ1n) is 5.13. The van der Waals surface area contributed by atoms with Crippen LogP contribution in [0, 0.1) is 10.1 Å². The molecule has 17 heavy (non-hydrogen) atoms. The zero-order chi connectivity index (χ0) is 12.7. The van der Waals surface area contributed by atoms with E-state index in [0.717, 1.165) is 0 Å². The van der Waals surface area contributed by atoms with Crippen molar-refractivity contribution in [3.05, 3.63) is 39.9 Å². The summed E-state index contributed by atoms with van der Waals surface area (Å²) >= 11 is 0. The Morgan fingerprint density at radius 3 is 2.82 bits per heavy atom. The molecule has 0 aliphatic heterocycles. The van der Waals surface area contributed by atoms with Gasteiger partial charge in [-0.2, -0.15) is 0 Å². The zero-order valence-corrected chi connectivity index (χ0v) is 9.51. The number of ether oxygens (including phenoxy) is 1. The average molecular weight is 238 g/mol. The Balaban J connectivity index is 2.61. The van der Waals surface area contributed by atoms with Crippen molar-refractivity contribution in [3.8, 4) is 0 Å². The van der Waals surface area contributed by atoms with Crippen LogP contribution in [0.2, 0.25) is 0 Å². The van der Waals surface area contributed by atoms with E-state index < -0.39 is 4.92 Å². The lowest BCUT2D eigenvalue weighted by molar-refractivity contribution is -0.385. The second-order valence-electron chi connectivity index (χ2n) is 3.41. The molecule has 0 aromatic heterocycles. The molecule has 0 spiro atoms. The van der Waals surface area contributed by atoms with Crippen LogP contribution in [-0.4, -0.2) is 31.1 Å². The van der Waals surface area contributed by atoms with Crippen molar-refractivity contribution in [1.82, 2.24) is 5.32 Å². The van der Waals surface area contributed by atoms with E-state index in [4.69, 9.17) is 4.74 Å². The summed E-state index contributed by atoms with van der Waals surface area (Å²) in [5, 5.41) is 13.3. The largest absolute Gasteiger partial charge is 0.383 e. The van der Waals surface area contributed by atoms with Crippen molar-refractivity contribution in [3.63, 3.8) is 0 Å². The first kappa shape index (κ1) is 13.1. The molecule has 0 saturated carbocycles. The van der Waals surface area contributed by atoms with Gasteiger partial charge in [-0.25, -0.2) is 0 Å². The Hall–Kier alpha value is -1.95. The van der Waals surface area contributed by atoms with Crippen LogP contribution in [0.5, 0.6) is 0 Å². The second kappa shape index (κ2) is 6.59. The lowest BCUT2D eigenvalue weighted by atomic mass is 10.1. The van der Waals surface area contributed by atoms with E-state index in [1.165, 1.54) is 13.2 Å². The maximum atomic E-state index is 11.5. The van der Waals surface area contributed by atoms with E-state index in [2.05, 4.69) is 5.32 Å². The molecule has 1 aromatic rings. The number of nitro benzene ring substituents is 1. The Labute approximate surface area is 98.7 Å². The number of carbonyl (C=O) groups excluding carboxylic acids is 1. The Bertz CT molecular complexity index is 406. The SMILES string of the molecule is COCCNC(=O)Cc1ccccc1[N+](=O)[O-]. The maximum Gasteiger partial charge on any atom is 0.273 e. The second-order valence-corrected chi connectivity index (χ2v) is 3.41. The summed E-state index contributed by atoms with van der Waals surface area (Å²) in [7, 11) is 1.54. The summed E-state index contributed by atoms with van der Waals surface area (Å²) in [6.07, 6.45) is 0.000861. The number of benzene rings is 1. The number of carbonyl (C=O) groups is 1. The van der Waals surface area contributed by atoms with Gasteiger partial charge in [-0.1, -0.05) is 18.2 Å². The van der Waals surface area contributed by atoms with Crippen LogP contribution in [0.1, 0.15) is 5.56 Å². The van der Waals surface area contributed by atoms with Crippen LogP contribution < -0.4 is 5.32 Å².